The summed E-state index contributed by atoms with van der Waals surface area (Å²) >= 11 is 0. The summed E-state index contributed by atoms with van der Waals surface area (Å²) in [6, 6.07) is 6.75. The minimum atomic E-state index is -0.201. The van der Waals surface area contributed by atoms with E-state index in [0.29, 0.717) is 0 Å². The van der Waals surface area contributed by atoms with E-state index in [0.717, 1.165) is 18.4 Å². The molecule has 0 aliphatic heterocycles. The van der Waals surface area contributed by atoms with Crippen LogP contribution in [0, 0.1) is 5.82 Å². The van der Waals surface area contributed by atoms with Gasteiger partial charge in [-0.25, -0.2) is 4.39 Å². The number of halogens is 1. The van der Waals surface area contributed by atoms with Gasteiger partial charge in [-0.05, 0) is 49.6 Å². The molecule has 1 N–H and O–H groups in total. The van der Waals surface area contributed by atoms with Gasteiger partial charge in [0.2, 0.25) is 0 Å². The number of nitrogens with one attached hydrogen (secondary N) is 1. The van der Waals surface area contributed by atoms with Crippen molar-refractivity contribution < 1.29 is 4.39 Å². The van der Waals surface area contributed by atoms with E-state index in [1.807, 2.05) is 19.2 Å². The molecule has 1 aliphatic carbocycles. The van der Waals surface area contributed by atoms with E-state index in [1.165, 1.54) is 30.5 Å². The summed E-state index contributed by atoms with van der Waals surface area (Å²) in [4.78, 5) is 0. The van der Waals surface area contributed by atoms with E-state index in [9.17, 15) is 4.39 Å². The molecule has 0 aromatic heterocycles. The molecule has 0 spiro atoms. The summed E-state index contributed by atoms with van der Waals surface area (Å²) in [5.41, 5.74) is 5.16. The first-order chi connectivity index (χ1) is 8.23. The molecule has 2 rings (SSSR count). The van der Waals surface area contributed by atoms with Gasteiger partial charge in [-0.3, -0.25) is 0 Å². The van der Waals surface area contributed by atoms with Crippen molar-refractivity contribution in [1.29, 1.82) is 0 Å². The van der Waals surface area contributed by atoms with Gasteiger partial charge in [-0.15, -0.1) is 5.73 Å². The van der Waals surface area contributed by atoms with Crippen molar-refractivity contribution in [2.75, 3.05) is 7.05 Å². The molecule has 17 heavy (non-hydrogen) atoms. The van der Waals surface area contributed by atoms with Crippen LogP contribution < -0.4 is 5.32 Å². The van der Waals surface area contributed by atoms with Crippen LogP contribution in [0.5, 0.6) is 0 Å². The van der Waals surface area contributed by atoms with Gasteiger partial charge in [-0.1, -0.05) is 25.1 Å². The zero-order valence-electron chi connectivity index (χ0n) is 10.2. The van der Waals surface area contributed by atoms with Gasteiger partial charge in [0.15, 0.2) is 0 Å². The van der Waals surface area contributed by atoms with Crippen molar-refractivity contribution in [2.24, 2.45) is 0 Å². The van der Waals surface area contributed by atoms with E-state index in [-0.39, 0.29) is 11.4 Å². The van der Waals surface area contributed by atoms with Crippen molar-refractivity contribution in [2.45, 2.75) is 31.2 Å². The minimum Gasteiger partial charge on any atom is -0.307 e. The maximum Gasteiger partial charge on any atom is 0.123 e. The molecule has 1 fully saturated rings. The Morgan fingerprint density at radius 2 is 2.00 bits per heavy atom. The number of rotatable bonds is 2. The highest BCUT2D eigenvalue weighted by Gasteiger charge is 2.36. The molecule has 0 radical (unpaired) electrons. The molecule has 1 aromatic carbocycles. The molecule has 2 heteroatoms. The van der Waals surface area contributed by atoms with Crippen molar-refractivity contribution in [3.05, 3.63) is 53.5 Å². The Kier molecular flexibility index (Phi) is 3.46. The molecule has 90 valence electrons. The quantitative estimate of drug-likeness (QED) is 0.768. The second-order valence-corrected chi connectivity index (χ2v) is 4.52. The Morgan fingerprint density at radius 3 is 2.59 bits per heavy atom. The van der Waals surface area contributed by atoms with Crippen LogP contribution in [-0.2, 0) is 5.54 Å². The summed E-state index contributed by atoms with van der Waals surface area (Å²) in [5.74, 6) is -0.194. The molecule has 1 saturated carbocycles. The smallest absolute Gasteiger partial charge is 0.123 e. The second-order valence-electron chi connectivity index (χ2n) is 4.52. The molecule has 0 heterocycles. The maximum atomic E-state index is 13.0. The lowest BCUT2D eigenvalue weighted by Gasteiger charge is -2.39. The minimum absolute atomic E-state index is 0.194. The largest absolute Gasteiger partial charge is 0.307 e. The van der Waals surface area contributed by atoms with E-state index in [4.69, 9.17) is 0 Å². The van der Waals surface area contributed by atoms with Crippen molar-refractivity contribution >= 4 is 0 Å². The number of hydrogen-bond donors (Lipinski definition) is 1. The first-order valence-corrected chi connectivity index (χ1v) is 6.07. The Balaban J connectivity index is 2.48. The van der Waals surface area contributed by atoms with Gasteiger partial charge in [0.05, 0.1) is 5.54 Å². The van der Waals surface area contributed by atoms with Gasteiger partial charge in [0, 0.05) is 0 Å². The SMILES string of the molecule is C=C=C1CCCCC1(NC)c1ccc(F)cc1. The summed E-state index contributed by atoms with van der Waals surface area (Å²) in [6.45, 7) is 3.79. The highest BCUT2D eigenvalue weighted by Crippen LogP contribution is 2.40. The molecule has 0 amide bonds. The van der Waals surface area contributed by atoms with Gasteiger partial charge in [-0.2, -0.15) is 0 Å². The molecular formula is C15H18FN. The third-order valence-corrected chi connectivity index (χ3v) is 3.72. The Labute approximate surface area is 102 Å². The molecular weight excluding hydrogens is 213 g/mol. The second kappa shape index (κ2) is 4.87. The lowest BCUT2D eigenvalue weighted by atomic mass is 9.73. The molecule has 0 bridgehead atoms. The standard InChI is InChI=1S/C15H18FN/c1-3-12-6-4-5-11-15(12,17-2)13-7-9-14(16)10-8-13/h7-10,17H,1,4-6,11H2,2H3. The third-order valence-electron chi connectivity index (χ3n) is 3.72. The van der Waals surface area contributed by atoms with Crippen LogP contribution in [0.3, 0.4) is 0 Å². The van der Waals surface area contributed by atoms with Gasteiger partial charge >= 0.3 is 0 Å². The number of likely N-dealkylation sites (N-methyl/N-ethyl adjacent to an activating group) is 1. The third kappa shape index (κ3) is 2.06. The zero-order chi connectivity index (χ0) is 12.3. The van der Waals surface area contributed by atoms with Crippen LogP contribution >= 0.6 is 0 Å². The predicted octanol–water partition coefficient (Wildman–Crippen LogP) is 3.53. The van der Waals surface area contributed by atoms with Gasteiger partial charge < -0.3 is 5.32 Å². The number of benzene rings is 1. The Hall–Kier alpha value is -1.37. The molecule has 1 aromatic rings. The summed E-state index contributed by atoms with van der Waals surface area (Å²) < 4.78 is 13.0. The van der Waals surface area contributed by atoms with Crippen LogP contribution in [-0.4, -0.2) is 7.05 Å². The summed E-state index contributed by atoms with van der Waals surface area (Å²) in [7, 11) is 1.95. The average molecular weight is 231 g/mol. The van der Waals surface area contributed by atoms with Gasteiger partial charge in [0.1, 0.15) is 5.82 Å². The first-order valence-electron chi connectivity index (χ1n) is 6.07. The fourth-order valence-corrected chi connectivity index (χ4v) is 2.77. The van der Waals surface area contributed by atoms with Crippen molar-refractivity contribution in [3.63, 3.8) is 0 Å². The lowest BCUT2D eigenvalue weighted by Crippen LogP contribution is -2.43. The Morgan fingerprint density at radius 1 is 1.29 bits per heavy atom. The summed E-state index contributed by atoms with van der Waals surface area (Å²) in [6.07, 6.45) is 4.39. The normalized spacial score (nSPS) is 24.5. The van der Waals surface area contributed by atoms with Crippen molar-refractivity contribution in [1.82, 2.24) is 5.32 Å². The van der Waals surface area contributed by atoms with Gasteiger partial charge in [0.25, 0.3) is 0 Å². The van der Waals surface area contributed by atoms with Crippen LogP contribution in [0.25, 0.3) is 0 Å². The van der Waals surface area contributed by atoms with E-state index < -0.39 is 0 Å². The average Bonchev–Trinajstić information content (AvgIpc) is 2.39. The fraction of sp³-hybridized carbons (Fsp3) is 0.400. The molecule has 1 unspecified atom stereocenters. The predicted molar refractivity (Wildman–Crippen MR) is 68.3 cm³/mol. The molecule has 1 aliphatic rings. The highest BCUT2D eigenvalue weighted by atomic mass is 19.1. The van der Waals surface area contributed by atoms with Crippen molar-refractivity contribution in [3.8, 4) is 0 Å². The van der Waals surface area contributed by atoms with Crippen LogP contribution in [0.4, 0.5) is 4.39 Å². The van der Waals surface area contributed by atoms with Crippen LogP contribution in [0.1, 0.15) is 31.2 Å². The number of hydrogen-bond acceptors (Lipinski definition) is 1. The highest BCUT2D eigenvalue weighted by molar-refractivity contribution is 5.36. The first kappa shape index (κ1) is 12.1. The Bertz CT molecular complexity index is 442. The lowest BCUT2D eigenvalue weighted by molar-refractivity contribution is 0.334. The molecule has 0 saturated heterocycles. The summed E-state index contributed by atoms with van der Waals surface area (Å²) in [5, 5.41) is 3.39. The zero-order valence-corrected chi connectivity index (χ0v) is 10.2. The molecule has 1 atom stereocenters. The monoisotopic (exact) mass is 231 g/mol. The fourth-order valence-electron chi connectivity index (χ4n) is 2.77. The van der Waals surface area contributed by atoms with Crippen LogP contribution in [0.15, 0.2) is 42.1 Å². The maximum absolute atomic E-state index is 13.0. The van der Waals surface area contributed by atoms with E-state index >= 15 is 0 Å². The topological polar surface area (TPSA) is 12.0 Å². The van der Waals surface area contributed by atoms with E-state index in [2.05, 4.69) is 17.6 Å². The van der Waals surface area contributed by atoms with E-state index in [1.54, 1.807) is 0 Å². The molecule has 1 nitrogen and oxygen atoms in total. The van der Waals surface area contributed by atoms with Crippen LogP contribution in [0.2, 0.25) is 0 Å².